The van der Waals surface area contributed by atoms with E-state index >= 15 is 0 Å². The first kappa shape index (κ1) is 11.6. The lowest BCUT2D eigenvalue weighted by Crippen LogP contribution is -2.23. The van der Waals surface area contributed by atoms with E-state index in [1.54, 1.807) is 0 Å². The fourth-order valence-corrected chi connectivity index (χ4v) is 1.91. The standard InChI is InChI=1S/C7H2Cl2N4O4/c8-2-1-5(11-7(15)12-6(1)14)10-4(9)3(2)13(16)17/h(H2,10,11,12,14,15). The van der Waals surface area contributed by atoms with Gasteiger partial charge in [0.1, 0.15) is 10.4 Å². The van der Waals surface area contributed by atoms with E-state index in [0.29, 0.717) is 0 Å². The van der Waals surface area contributed by atoms with Gasteiger partial charge in [0.25, 0.3) is 5.56 Å². The van der Waals surface area contributed by atoms with Gasteiger partial charge < -0.3 is 0 Å². The molecule has 0 spiro atoms. The third kappa shape index (κ3) is 1.77. The molecular formula is C7H2Cl2N4O4. The average Bonchev–Trinajstić information content (AvgIpc) is 2.13. The van der Waals surface area contributed by atoms with Crippen LogP contribution in [0.15, 0.2) is 9.59 Å². The molecule has 0 aliphatic heterocycles. The van der Waals surface area contributed by atoms with Crippen molar-refractivity contribution >= 4 is 39.9 Å². The van der Waals surface area contributed by atoms with Gasteiger partial charge in [-0.15, -0.1) is 0 Å². The summed E-state index contributed by atoms with van der Waals surface area (Å²) in [7, 11) is 0. The number of nitro groups is 1. The van der Waals surface area contributed by atoms with E-state index < -0.39 is 32.0 Å². The Morgan fingerprint density at radius 3 is 2.47 bits per heavy atom. The number of halogens is 2. The number of pyridine rings is 1. The molecule has 2 aromatic rings. The smallest absolute Gasteiger partial charge is 0.291 e. The molecule has 0 fully saturated rings. The van der Waals surface area contributed by atoms with Crippen LogP contribution in [0.5, 0.6) is 0 Å². The summed E-state index contributed by atoms with van der Waals surface area (Å²) in [6.45, 7) is 0. The Kier molecular flexibility index (Phi) is 2.60. The van der Waals surface area contributed by atoms with E-state index in [4.69, 9.17) is 23.2 Å². The van der Waals surface area contributed by atoms with Gasteiger partial charge in [-0.1, -0.05) is 23.2 Å². The number of aromatic amines is 2. The van der Waals surface area contributed by atoms with Crippen LogP contribution in [0, 0.1) is 10.1 Å². The summed E-state index contributed by atoms with van der Waals surface area (Å²) in [5.41, 5.74) is -2.57. The van der Waals surface area contributed by atoms with Crippen LogP contribution >= 0.6 is 23.2 Å². The van der Waals surface area contributed by atoms with Crippen LogP contribution in [-0.4, -0.2) is 19.9 Å². The molecule has 0 aliphatic carbocycles. The summed E-state index contributed by atoms with van der Waals surface area (Å²) in [6.07, 6.45) is 0. The van der Waals surface area contributed by atoms with E-state index in [-0.39, 0.29) is 11.0 Å². The molecular weight excluding hydrogens is 275 g/mol. The first-order chi connectivity index (χ1) is 7.91. The highest BCUT2D eigenvalue weighted by Crippen LogP contribution is 2.34. The lowest BCUT2D eigenvalue weighted by atomic mass is 10.3. The quantitative estimate of drug-likeness (QED) is 0.454. The molecule has 0 atom stereocenters. The van der Waals surface area contributed by atoms with Gasteiger partial charge in [0.15, 0.2) is 5.65 Å². The van der Waals surface area contributed by atoms with Gasteiger partial charge >= 0.3 is 11.4 Å². The van der Waals surface area contributed by atoms with Crippen molar-refractivity contribution in [2.24, 2.45) is 0 Å². The van der Waals surface area contributed by atoms with Crippen molar-refractivity contribution in [3.8, 4) is 0 Å². The summed E-state index contributed by atoms with van der Waals surface area (Å²) in [4.78, 5) is 39.8. The minimum Gasteiger partial charge on any atom is -0.291 e. The second-order valence-electron chi connectivity index (χ2n) is 2.95. The number of H-pyrrole nitrogens is 2. The van der Waals surface area contributed by atoms with Crippen LogP contribution in [0.25, 0.3) is 11.0 Å². The van der Waals surface area contributed by atoms with Crippen molar-refractivity contribution < 1.29 is 4.92 Å². The van der Waals surface area contributed by atoms with Crippen molar-refractivity contribution in [3.63, 3.8) is 0 Å². The summed E-state index contributed by atoms with van der Waals surface area (Å²) in [5, 5.41) is 9.41. The first-order valence-corrected chi connectivity index (χ1v) is 4.83. The lowest BCUT2D eigenvalue weighted by molar-refractivity contribution is -0.384. The van der Waals surface area contributed by atoms with Gasteiger partial charge in [0.05, 0.1) is 4.92 Å². The van der Waals surface area contributed by atoms with Crippen LogP contribution < -0.4 is 11.2 Å². The molecule has 0 amide bonds. The molecule has 0 saturated heterocycles. The van der Waals surface area contributed by atoms with Gasteiger partial charge in [-0.25, -0.2) is 9.78 Å². The van der Waals surface area contributed by atoms with Crippen molar-refractivity contribution in [1.29, 1.82) is 0 Å². The molecule has 2 heterocycles. The SMILES string of the molecule is O=c1[nH]c(=O)c2c(Cl)c([N+](=O)[O-])c(Cl)nc2[nH]1. The number of nitrogens with zero attached hydrogens (tertiary/aromatic N) is 2. The molecule has 17 heavy (non-hydrogen) atoms. The Morgan fingerprint density at radius 1 is 1.24 bits per heavy atom. The predicted octanol–water partition coefficient (Wildman–Crippen LogP) is 0.826. The van der Waals surface area contributed by atoms with Crippen LogP contribution in [0.1, 0.15) is 0 Å². The number of hydrogen-bond acceptors (Lipinski definition) is 5. The molecule has 88 valence electrons. The first-order valence-electron chi connectivity index (χ1n) is 4.07. The molecule has 2 N–H and O–H groups in total. The van der Waals surface area contributed by atoms with Gasteiger partial charge in [-0.2, -0.15) is 0 Å². The Labute approximate surface area is 101 Å². The Bertz CT molecular complexity index is 750. The van der Waals surface area contributed by atoms with Crippen molar-refractivity contribution in [1.82, 2.24) is 15.0 Å². The normalized spacial score (nSPS) is 10.7. The van der Waals surface area contributed by atoms with Gasteiger partial charge in [-0.05, 0) is 0 Å². The molecule has 8 nitrogen and oxygen atoms in total. The average molecular weight is 277 g/mol. The lowest BCUT2D eigenvalue weighted by Gasteiger charge is -2.01. The fourth-order valence-electron chi connectivity index (χ4n) is 1.28. The summed E-state index contributed by atoms with van der Waals surface area (Å²) < 4.78 is 0. The van der Waals surface area contributed by atoms with E-state index in [2.05, 4.69) is 9.97 Å². The zero-order valence-corrected chi connectivity index (χ0v) is 9.30. The molecule has 0 aliphatic rings. The molecule has 2 aromatic heterocycles. The third-order valence-electron chi connectivity index (χ3n) is 1.94. The number of aromatic nitrogens is 3. The largest absolute Gasteiger partial charge is 0.327 e. The fraction of sp³-hybridized carbons (Fsp3) is 0. The van der Waals surface area contributed by atoms with Crippen LogP contribution in [-0.2, 0) is 0 Å². The van der Waals surface area contributed by atoms with Crippen LogP contribution in [0.3, 0.4) is 0 Å². The minimum atomic E-state index is -0.874. The van der Waals surface area contributed by atoms with Crippen LogP contribution in [0.4, 0.5) is 5.69 Å². The van der Waals surface area contributed by atoms with E-state index in [0.717, 1.165) is 0 Å². The molecule has 0 bridgehead atoms. The minimum absolute atomic E-state index is 0.209. The molecule has 0 aromatic carbocycles. The molecule has 0 saturated carbocycles. The number of hydrogen-bond donors (Lipinski definition) is 2. The highest BCUT2D eigenvalue weighted by Gasteiger charge is 2.24. The Hall–Kier alpha value is -1.93. The summed E-state index contributed by atoms with van der Waals surface area (Å²) >= 11 is 11.2. The van der Waals surface area contributed by atoms with Gasteiger partial charge in [0, 0.05) is 0 Å². The van der Waals surface area contributed by atoms with E-state index in [9.17, 15) is 19.7 Å². The van der Waals surface area contributed by atoms with Gasteiger partial charge in [-0.3, -0.25) is 24.9 Å². The number of fused-ring (bicyclic) bond motifs is 1. The Balaban J connectivity index is 3.08. The van der Waals surface area contributed by atoms with Gasteiger partial charge in [0.2, 0.25) is 5.15 Å². The predicted molar refractivity (Wildman–Crippen MR) is 59.7 cm³/mol. The maximum Gasteiger partial charge on any atom is 0.327 e. The molecule has 10 heteroatoms. The van der Waals surface area contributed by atoms with Crippen molar-refractivity contribution in [3.05, 3.63) is 41.1 Å². The summed E-state index contributed by atoms with van der Waals surface area (Å²) in [6, 6.07) is 0. The Morgan fingerprint density at radius 2 is 1.88 bits per heavy atom. The number of nitrogens with one attached hydrogen (secondary N) is 2. The second kappa shape index (κ2) is 3.82. The van der Waals surface area contributed by atoms with Crippen LogP contribution in [0.2, 0.25) is 10.2 Å². The topological polar surface area (TPSA) is 122 Å². The highest BCUT2D eigenvalue weighted by molar-refractivity contribution is 6.40. The van der Waals surface area contributed by atoms with E-state index in [1.165, 1.54) is 0 Å². The maximum absolute atomic E-state index is 11.4. The zero-order chi connectivity index (χ0) is 12.7. The number of rotatable bonds is 1. The molecule has 2 rings (SSSR count). The third-order valence-corrected chi connectivity index (χ3v) is 2.57. The van der Waals surface area contributed by atoms with E-state index in [1.807, 2.05) is 4.98 Å². The van der Waals surface area contributed by atoms with Crippen molar-refractivity contribution in [2.75, 3.05) is 0 Å². The summed E-state index contributed by atoms with van der Waals surface area (Å²) in [5.74, 6) is 0. The van der Waals surface area contributed by atoms with Crippen molar-refractivity contribution in [2.45, 2.75) is 0 Å². The highest BCUT2D eigenvalue weighted by atomic mass is 35.5. The molecule has 0 unspecified atom stereocenters. The maximum atomic E-state index is 11.4. The molecule has 0 radical (unpaired) electrons. The monoisotopic (exact) mass is 276 g/mol. The zero-order valence-electron chi connectivity index (χ0n) is 7.78. The second-order valence-corrected chi connectivity index (χ2v) is 3.69.